The summed E-state index contributed by atoms with van der Waals surface area (Å²) < 4.78 is 4.86. The van der Waals surface area contributed by atoms with Gasteiger partial charge in [-0.3, -0.25) is 9.59 Å². The van der Waals surface area contributed by atoms with Crippen molar-refractivity contribution in [1.29, 1.82) is 0 Å². The molecule has 0 aliphatic rings. The third-order valence-corrected chi connectivity index (χ3v) is 2.08. The topological polar surface area (TPSA) is 102 Å². The highest BCUT2D eigenvalue weighted by atomic mass is 16.5. The Kier molecular flexibility index (Phi) is 8.46. The lowest BCUT2D eigenvalue weighted by Crippen LogP contribution is -2.41. The molecule has 94 valence electrons. The Labute approximate surface area is 95.1 Å². The lowest BCUT2D eigenvalue weighted by molar-refractivity contribution is -0.137. The number of hydrogen-bond acceptors (Lipinski definition) is 4. The second kappa shape index (κ2) is 9.11. The van der Waals surface area contributed by atoms with E-state index in [0.717, 1.165) is 12.8 Å². The third kappa shape index (κ3) is 8.19. The Balaban J connectivity index is 3.51. The lowest BCUT2D eigenvalue weighted by atomic mass is 10.1. The van der Waals surface area contributed by atoms with Crippen LogP contribution in [-0.4, -0.2) is 43.3 Å². The van der Waals surface area contributed by atoms with Gasteiger partial charge in [0.15, 0.2) is 0 Å². The molecule has 0 saturated carbocycles. The lowest BCUT2D eigenvalue weighted by Gasteiger charge is -2.10. The Hall–Kier alpha value is -1.14. The van der Waals surface area contributed by atoms with Crippen molar-refractivity contribution < 1.29 is 19.4 Å². The molecule has 0 rings (SSSR count). The van der Waals surface area contributed by atoms with Crippen LogP contribution in [0.3, 0.4) is 0 Å². The van der Waals surface area contributed by atoms with Gasteiger partial charge in [0.1, 0.15) is 0 Å². The van der Waals surface area contributed by atoms with Crippen LogP contribution in [0.4, 0.5) is 0 Å². The van der Waals surface area contributed by atoms with Gasteiger partial charge in [-0.15, -0.1) is 0 Å². The van der Waals surface area contributed by atoms with E-state index in [4.69, 9.17) is 15.6 Å². The van der Waals surface area contributed by atoms with Gasteiger partial charge in [0.05, 0.1) is 6.04 Å². The van der Waals surface area contributed by atoms with Crippen LogP contribution in [0.5, 0.6) is 0 Å². The zero-order valence-electron chi connectivity index (χ0n) is 9.57. The van der Waals surface area contributed by atoms with Crippen molar-refractivity contribution in [2.75, 3.05) is 20.3 Å². The van der Waals surface area contributed by atoms with Crippen LogP contribution in [0.2, 0.25) is 0 Å². The van der Waals surface area contributed by atoms with E-state index in [-0.39, 0.29) is 18.7 Å². The van der Waals surface area contributed by atoms with Gasteiger partial charge in [-0.25, -0.2) is 0 Å². The molecule has 4 N–H and O–H groups in total. The zero-order chi connectivity index (χ0) is 12.4. The van der Waals surface area contributed by atoms with Crippen molar-refractivity contribution in [3.8, 4) is 0 Å². The number of aliphatic carboxylic acids is 1. The molecule has 0 bridgehead atoms. The maximum atomic E-state index is 11.3. The zero-order valence-corrected chi connectivity index (χ0v) is 9.57. The molecule has 1 atom stereocenters. The monoisotopic (exact) mass is 232 g/mol. The summed E-state index contributed by atoms with van der Waals surface area (Å²) >= 11 is 0. The normalized spacial score (nSPS) is 12.1. The smallest absolute Gasteiger partial charge is 0.303 e. The Morgan fingerprint density at radius 1 is 1.44 bits per heavy atom. The van der Waals surface area contributed by atoms with Gasteiger partial charge in [0, 0.05) is 26.7 Å². The van der Waals surface area contributed by atoms with E-state index in [1.54, 1.807) is 7.11 Å². The van der Waals surface area contributed by atoms with Crippen molar-refractivity contribution >= 4 is 11.9 Å². The molecule has 6 heteroatoms. The van der Waals surface area contributed by atoms with E-state index in [0.29, 0.717) is 13.2 Å². The van der Waals surface area contributed by atoms with Crippen LogP contribution in [0.1, 0.15) is 25.7 Å². The molecule has 0 aromatic heterocycles. The molecule has 0 aromatic carbocycles. The first kappa shape index (κ1) is 14.9. The summed E-state index contributed by atoms with van der Waals surface area (Å²) in [6, 6.07) is -0.737. The quantitative estimate of drug-likeness (QED) is 0.475. The maximum absolute atomic E-state index is 11.3. The summed E-state index contributed by atoms with van der Waals surface area (Å²) in [4.78, 5) is 21.6. The van der Waals surface area contributed by atoms with Gasteiger partial charge < -0.3 is 20.9 Å². The van der Waals surface area contributed by atoms with E-state index in [2.05, 4.69) is 5.32 Å². The summed E-state index contributed by atoms with van der Waals surface area (Å²) in [5.41, 5.74) is 5.51. The van der Waals surface area contributed by atoms with Gasteiger partial charge in [-0.05, 0) is 19.3 Å². The molecule has 16 heavy (non-hydrogen) atoms. The predicted molar refractivity (Wildman–Crippen MR) is 59.0 cm³/mol. The van der Waals surface area contributed by atoms with Crippen molar-refractivity contribution in [3.05, 3.63) is 0 Å². The van der Waals surface area contributed by atoms with Crippen LogP contribution >= 0.6 is 0 Å². The molecule has 0 saturated heterocycles. The standard InChI is InChI=1S/C10H20N2O4/c1-16-7-3-2-6-12-10(15)8(11)4-5-9(13)14/h8H,2-7,11H2,1H3,(H,12,15)(H,13,14). The minimum Gasteiger partial charge on any atom is -0.481 e. The number of unbranched alkanes of at least 4 members (excludes halogenated alkanes) is 1. The molecular weight excluding hydrogens is 212 g/mol. The molecule has 0 radical (unpaired) electrons. The highest BCUT2D eigenvalue weighted by molar-refractivity contribution is 5.82. The van der Waals surface area contributed by atoms with E-state index in [9.17, 15) is 9.59 Å². The van der Waals surface area contributed by atoms with E-state index < -0.39 is 12.0 Å². The summed E-state index contributed by atoms with van der Waals surface area (Å²) in [5, 5.41) is 11.1. The first-order valence-corrected chi connectivity index (χ1v) is 5.32. The molecule has 0 aliphatic heterocycles. The SMILES string of the molecule is COCCCCNC(=O)C(N)CCC(=O)O. The number of carboxylic acid groups (broad SMARTS) is 1. The Morgan fingerprint density at radius 3 is 2.69 bits per heavy atom. The number of nitrogens with two attached hydrogens (primary N) is 1. The van der Waals surface area contributed by atoms with Crippen molar-refractivity contribution in [3.63, 3.8) is 0 Å². The molecule has 0 aliphatic carbocycles. The van der Waals surface area contributed by atoms with Crippen LogP contribution in [0.25, 0.3) is 0 Å². The molecule has 0 aromatic rings. The molecular formula is C10H20N2O4. The largest absolute Gasteiger partial charge is 0.481 e. The van der Waals surface area contributed by atoms with Gasteiger partial charge >= 0.3 is 5.97 Å². The van der Waals surface area contributed by atoms with Gasteiger partial charge in [0.2, 0.25) is 5.91 Å². The number of carbonyl (C=O) groups excluding carboxylic acids is 1. The second-order valence-electron chi connectivity index (χ2n) is 3.53. The molecule has 1 amide bonds. The summed E-state index contributed by atoms with van der Waals surface area (Å²) in [5.74, 6) is -1.23. The number of amides is 1. The molecule has 6 nitrogen and oxygen atoms in total. The predicted octanol–water partition coefficient (Wildman–Crippen LogP) is -0.279. The Morgan fingerprint density at radius 2 is 2.12 bits per heavy atom. The molecule has 1 unspecified atom stereocenters. The van der Waals surface area contributed by atoms with Gasteiger partial charge in [0.25, 0.3) is 0 Å². The number of rotatable bonds is 9. The molecule has 0 fully saturated rings. The van der Waals surface area contributed by atoms with Crippen molar-refractivity contribution in [2.45, 2.75) is 31.7 Å². The van der Waals surface area contributed by atoms with Crippen molar-refractivity contribution in [2.24, 2.45) is 5.73 Å². The first-order valence-electron chi connectivity index (χ1n) is 5.32. The molecule has 0 heterocycles. The van der Waals surface area contributed by atoms with Crippen LogP contribution in [0, 0.1) is 0 Å². The average molecular weight is 232 g/mol. The number of hydrogen-bond donors (Lipinski definition) is 3. The van der Waals surface area contributed by atoms with E-state index in [1.807, 2.05) is 0 Å². The minimum absolute atomic E-state index is 0.0851. The van der Waals surface area contributed by atoms with Gasteiger partial charge in [-0.1, -0.05) is 0 Å². The highest BCUT2D eigenvalue weighted by Gasteiger charge is 2.13. The second-order valence-corrected chi connectivity index (χ2v) is 3.53. The number of carbonyl (C=O) groups is 2. The van der Waals surface area contributed by atoms with E-state index in [1.165, 1.54) is 0 Å². The fraction of sp³-hybridized carbons (Fsp3) is 0.800. The summed E-state index contributed by atoms with van der Waals surface area (Å²) in [7, 11) is 1.63. The number of methoxy groups -OCH3 is 1. The van der Waals surface area contributed by atoms with Crippen LogP contribution < -0.4 is 11.1 Å². The highest BCUT2D eigenvalue weighted by Crippen LogP contribution is 1.95. The van der Waals surface area contributed by atoms with Gasteiger partial charge in [-0.2, -0.15) is 0 Å². The van der Waals surface area contributed by atoms with Crippen molar-refractivity contribution in [1.82, 2.24) is 5.32 Å². The molecule has 0 spiro atoms. The number of ether oxygens (including phenoxy) is 1. The maximum Gasteiger partial charge on any atom is 0.303 e. The summed E-state index contributed by atoms with van der Waals surface area (Å²) in [6.45, 7) is 1.21. The number of nitrogens with one attached hydrogen (secondary N) is 1. The van der Waals surface area contributed by atoms with E-state index >= 15 is 0 Å². The van der Waals surface area contributed by atoms with Crippen LogP contribution in [-0.2, 0) is 14.3 Å². The Bertz CT molecular complexity index is 221. The minimum atomic E-state index is -0.941. The fourth-order valence-electron chi connectivity index (χ4n) is 1.12. The summed E-state index contributed by atoms with van der Waals surface area (Å²) in [6.07, 6.45) is 1.78. The average Bonchev–Trinajstić information content (AvgIpc) is 2.25. The van der Waals surface area contributed by atoms with Crippen LogP contribution in [0.15, 0.2) is 0 Å². The number of carboxylic acids is 1. The third-order valence-electron chi connectivity index (χ3n) is 2.08. The fourth-order valence-corrected chi connectivity index (χ4v) is 1.12. The first-order chi connectivity index (χ1) is 7.57.